The molecule has 0 spiro atoms. The van der Waals surface area contributed by atoms with Crippen molar-refractivity contribution in [1.29, 1.82) is 0 Å². The molecular weight excluding hydrogens is 334 g/mol. The number of carbonyl (C=O) groups is 2. The summed E-state index contributed by atoms with van der Waals surface area (Å²) in [6.07, 6.45) is 2.08. The first kappa shape index (κ1) is 16.0. The van der Waals surface area contributed by atoms with Crippen molar-refractivity contribution < 1.29 is 9.59 Å². The van der Waals surface area contributed by atoms with Crippen LogP contribution in [-0.4, -0.2) is 49.4 Å². The molecule has 5 nitrogen and oxygen atoms in total. The topological polar surface area (TPSA) is 61.4 Å². The smallest absolute Gasteiger partial charge is 0.251 e. The van der Waals surface area contributed by atoms with Crippen LogP contribution in [0.25, 0.3) is 0 Å². The molecule has 1 saturated heterocycles. The Morgan fingerprint density at radius 2 is 2.24 bits per heavy atom. The molecule has 0 bridgehead atoms. The maximum Gasteiger partial charge on any atom is 0.251 e. The van der Waals surface area contributed by atoms with Gasteiger partial charge in [-0.05, 0) is 38.1 Å². The number of nitrogens with zero attached hydrogens (tertiary/aromatic N) is 1. The molecule has 21 heavy (non-hydrogen) atoms. The van der Waals surface area contributed by atoms with Crippen LogP contribution in [0.3, 0.4) is 0 Å². The Kier molecular flexibility index (Phi) is 5.76. The molecule has 1 atom stereocenters. The highest BCUT2D eigenvalue weighted by Gasteiger charge is 2.22. The van der Waals surface area contributed by atoms with E-state index in [1.807, 2.05) is 18.0 Å². The molecule has 1 aromatic rings. The summed E-state index contributed by atoms with van der Waals surface area (Å²) in [6, 6.07) is 7.46. The summed E-state index contributed by atoms with van der Waals surface area (Å²) in [5, 5.41) is 5.88. The minimum Gasteiger partial charge on any atom is -0.343 e. The second kappa shape index (κ2) is 7.56. The van der Waals surface area contributed by atoms with E-state index in [0.29, 0.717) is 18.2 Å². The van der Waals surface area contributed by atoms with Crippen molar-refractivity contribution in [1.82, 2.24) is 15.5 Å². The largest absolute Gasteiger partial charge is 0.343 e. The van der Waals surface area contributed by atoms with Crippen LogP contribution in [0.2, 0.25) is 0 Å². The number of carbonyl (C=O) groups excluding carboxylic acids is 2. The zero-order valence-electron chi connectivity index (χ0n) is 12.1. The number of benzene rings is 1. The fourth-order valence-electron chi connectivity index (χ4n) is 2.44. The molecule has 2 amide bonds. The molecule has 1 heterocycles. The maximum atomic E-state index is 12.1. The van der Waals surface area contributed by atoms with Crippen LogP contribution in [0.4, 0.5) is 0 Å². The van der Waals surface area contributed by atoms with Crippen molar-refractivity contribution in [3.63, 3.8) is 0 Å². The van der Waals surface area contributed by atoms with Crippen LogP contribution in [0.1, 0.15) is 23.2 Å². The molecule has 1 fully saturated rings. The molecule has 1 aliphatic rings. The lowest BCUT2D eigenvalue weighted by Crippen LogP contribution is -2.49. The molecule has 6 heteroatoms. The van der Waals surface area contributed by atoms with Gasteiger partial charge >= 0.3 is 0 Å². The second-order valence-electron chi connectivity index (χ2n) is 5.16. The van der Waals surface area contributed by atoms with E-state index < -0.39 is 0 Å². The molecule has 0 aromatic heterocycles. The molecule has 2 N–H and O–H groups in total. The molecule has 2 rings (SSSR count). The molecule has 114 valence electrons. The lowest BCUT2D eigenvalue weighted by molar-refractivity contribution is -0.131. The Bertz CT molecular complexity index is 521. The third-order valence-electron chi connectivity index (χ3n) is 3.67. The lowest BCUT2D eigenvalue weighted by Gasteiger charge is -2.32. The van der Waals surface area contributed by atoms with E-state index in [1.165, 1.54) is 0 Å². The van der Waals surface area contributed by atoms with E-state index in [-0.39, 0.29) is 18.4 Å². The monoisotopic (exact) mass is 353 g/mol. The summed E-state index contributed by atoms with van der Waals surface area (Å²) in [6.45, 7) is 1.52. The van der Waals surface area contributed by atoms with Crippen molar-refractivity contribution in [3.05, 3.63) is 34.3 Å². The molecule has 0 aliphatic carbocycles. The van der Waals surface area contributed by atoms with E-state index >= 15 is 0 Å². The van der Waals surface area contributed by atoms with Crippen molar-refractivity contribution in [2.24, 2.45) is 0 Å². The van der Waals surface area contributed by atoms with Crippen LogP contribution in [0, 0.1) is 0 Å². The minimum absolute atomic E-state index is 0.0294. The van der Waals surface area contributed by atoms with Gasteiger partial charge in [-0.2, -0.15) is 0 Å². The van der Waals surface area contributed by atoms with Gasteiger partial charge in [0.05, 0.1) is 6.54 Å². The van der Waals surface area contributed by atoms with E-state index in [1.54, 1.807) is 18.2 Å². The number of hydrogen-bond donors (Lipinski definition) is 2. The van der Waals surface area contributed by atoms with Gasteiger partial charge in [0.2, 0.25) is 5.91 Å². The quantitative estimate of drug-likeness (QED) is 0.859. The predicted octanol–water partition coefficient (Wildman–Crippen LogP) is 1.39. The lowest BCUT2D eigenvalue weighted by atomic mass is 10.1. The Balaban J connectivity index is 1.84. The summed E-state index contributed by atoms with van der Waals surface area (Å²) in [7, 11) is 1.91. The van der Waals surface area contributed by atoms with Crippen LogP contribution in [0.5, 0.6) is 0 Å². The van der Waals surface area contributed by atoms with Crippen LogP contribution < -0.4 is 10.6 Å². The standard InChI is InChI=1S/C15H20BrN3O2/c1-17-13-6-3-7-19(10-13)14(20)9-18-15(21)11-4-2-5-12(16)8-11/h2,4-5,8,13,17H,3,6-7,9-10H2,1H3,(H,18,21). The van der Waals surface area contributed by atoms with Gasteiger partial charge in [0.1, 0.15) is 0 Å². The zero-order chi connectivity index (χ0) is 15.2. The third kappa shape index (κ3) is 4.54. The van der Waals surface area contributed by atoms with Gasteiger partial charge in [0.25, 0.3) is 5.91 Å². The average Bonchev–Trinajstić information content (AvgIpc) is 2.52. The highest BCUT2D eigenvalue weighted by Crippen LogP contribution is 2.12. The first-order chi connectivity index (χ1) is 10.1. The number of halogens is 1. The highest BCUT2D eigenvalue weighted by atomic mass is 79.9. The molecule has 0 saturated carbocycles. The van der Waals surface area contributed by atoms with E-state index in [0.717, 1.165) is 23.9 Å². The SMILES string of the molecule is CNC1CCCN(C(=O)CNC(=O)c2cccc(Br)c2)C1. The Morgan fingerprint density at radius 1 is 1.43 bits per heavy atom. The summed E-state index contributed by atoms with van der Waals surface area (Å²) in [5.41, 5.74) is 0.545. The van der Waals surface area contributed by atoms with Crippen LogP contribution in [0.15, 0.2) is 28.7 Å². The average molecular weight is 354 g/mol. The number of nitrogens with one attached hydrogen (secondary N) is 2. The van der Waals surface area contributed by atoms with Gasteiger partial charge < -0.3 is 15.5 Å². The Hall–Kier alpha value is -1.40. The number of likely N-dealkylation sites (tertiary alicyclic amines) is 1. The first-order valence-corrected chi connectivity index (χ1v) is 7.88. The number of piperidine rings is 1. The van der Waals surface area contributed by atoms with Crippen molar-refractivity contribution in [2.75, 3.05) is 26.7 Å². The van der Waals surface area contributed by atoms with Crippen molar-refractivity contribution in [2.45, 2.75) is 18.9 Å². The molecule has 1 aliphatic heterocycles. The number of amides is 2. The molecule has 1 unspecified atom stereocenters. The third-order valence-corrected chi connectivity index (χ3v) is 4.16. The van der Waals surface area contributed by atoms with Crippen molar-refractivity contribution >= 4 is 27.7 Å². The number of hydrogen-bond acceptors (Lipinski definition) is 3. The van der Waals surface area contributed by atoms with Crippen LogP contribution in [-0.2, 0) is 4.79 Å². The zero-order valence-corrected chi connectivity index (χ0v) is 13.6. The Morgan fingerprint density at radius 3 is 2.95 bits per heavy atom. The second-order valence-corrected chi connectivity index (χ2v) is 6.08. The van der Waals surface area contributed by atoms with E-state index in [9.17, 15) is 9.59 Å². The first-order valence-electron chi connectivity index (χ1n) is 7.09. The fraction of sp³-hybridized carbons (Fsp3) is 0.467. The van der Waals surface area contributed by atoms with E-state index in [4.69, 9.17) is 0 Å². The summed E-state index contributed by atoms with van der Waals surface area (Å²) in [4.78, 5) is 25.9. The maximum absolute atomic E-state index is 12.1. The van der Waals surface area contributed by atoms with Gasteiger partial charge in [0, 0.05) is 29.2 Å². The molecular formula is C15H20BrN3O2. The summed E-state index contributed by atoms with van der Waals surface area (Å²) < 4.78 is 0.842. The molecule has 1 aromatic carbocycles. The van der Waals surface area contributed by atoms with Gasteiger partial charge in [-0.25, -0.2) is 0 Å². The molecule has 0 radical (unpaired) electrons. The van der Waals surface area contributed by atoms with Gasteiger partial charge in [-0.1, -0.05) is 22.0 Å². The van der Waals surface area contributed by atoms with Crippen LogP contribution >= 0.6 is 15.9 Å². The number of rotatable bonds is 4. The number of likely N-dealkylation sites (N-methyl/N-ethyl adjacent to an activating group) is 1. The predicted molar refractivity (Wildman–Crippen MR) is 85.1 cm³/mol. The Labute approximate surface area is 133 Å². The van der Waals surface area contributed by atoms with Crippen molar-refractivity contribution in [3.8, 4) is 0 Å². The fourth-order valence-corrected chi connectivity index (χ4v) is 2.84. The highest BCUT2D eigenvalue weighted by molar-refractivity contribution is 9.10. The van der Waals surface area contributed by atoms with Gasteiger partial charge in [-0.3, -0.25) is 9.59 Å². The van der Waals surface area contributed by atoms with E-state index in [2.05, 4.69) is 26.6 Å². The van der Waals surface area contributed by atoms with Gasteiger partial charge in [0.15, 0.2) is 0 Å². The summed E-state index contributed by atoms with van der Waals surface area (Å²) >= 11 is 3.33. The normalized spacial score (nSPS) is 18.4. The summed E-state index contributed by atoms with van der Waals surface area (Å²) in [5.74, 6) is -0.259. The van der Waals surface area contributed by atoms with Gasteiger partial charge in [-0.15, -0.1) is 0 Å². The minimum atomic E-state index is -0.230.